The number of hydrogen-bond donors (Lipinski definition) is 2. The van der Waals surface area contributed by atoms with E-state index < -0.39 is 0 Å². The van der Waals surface area contributed by atoms with Gasteiger partial charge in [-0.1, -0.05) is 42.0 Å². The van der Waals surface area contributed by atoms with Gasteiger partial charge in [-0.2, -0.15) is 0 Å². The highest BCUT2D eigenvalue weighted by molar-refractivity contribution is 6.30. The fourth-order valence-corrected chi connectivity index (χ4v) is 3.18. The van der Waals surface area contributed by atoms with Crippen molar-refractivity contribution in [3.8, 4) is 0 Å². The van der Waals surface area contributed by atoms with E-state index in [4.69, 9.17) is 0 Å². The molecule has 122 valence electrons. The number of rotatable bonds is 3. The van der Waals surface area contributed by atoms with Crippen molar-refractivity contribution >= 4 is 29.5 Å². The Kier molecular flexibility index (Phi) is 3.35. The van der Waals surface area contributed by atoms with E-state index >= 15 is 0 Å². The van der Waals surface area contributed by atoms with Gasteiger partial charge in [0.15, 0.2) is 0 Å². The fraction of sp³-hybridized carbons (Fsp3) is 0.0500. The summed E-state index contributed by atoms with van der Waals surface area (Å²) in [5.41, 5.74) is 4.56. The van der Waals surface area contributed by atoms with Crippen molar-refractivity contribution in [2.75, 3.05) is 0 Å². The summed E-state index contributed by atoms with van der Waals surface area (Å²) in [5.74, 6) is -0.646. The quantitative estimate of drug-likeness (QED) is 0.847. The molecule has 0 aromatic heterocycles. The maximum Gasteiger partial charge on any atom is 0.258 e. The first-order valence-corrected chi connectivity index (χ1v) is 7.83. The van der Waals surface area contributed by atoms with E-state index in [-0.39, 0.29) is 11.8 Å². The van der Waals surface area contributed by atoms with Crippen LogP contribution in [0.2, 0.25) is 0 Å². The maximum absolute atomic E-state index is 12.5. The Morgan fingerprint density at radius 3 is 1.92 bits per heavy atom. The van der Waals surface area contributed by atoms with E-state index in [0.717, 1.165) is 17.4 Å². The Balaban J connectivity index is 1.91. The lowest BCUT2D eigenvalue weighted by atomic mass is 10.0. The highest BCUT2D eigenvalue weighted by atomic mass is 16.2. The third-order valence-electron chi connectivity index (χ3n) is 4.30. The zero-order valence-electron chi connectivity index (χ0n) is 13.4. The van der Waals surface area contributed by atoms with Gasteiger partial charge in [0.1, 0.15) is 6.29 Å². The second kappa shape index (κ2) is 5.56. The number of aldehydes is 1. The Hall–Kier alpha value is -3.47. The Bertz CT molecular complexity index is 1020. The molecular weight excluding hydrogens is 316 g/mol. The van der Waals surface area contributed by atoms with Crippen molar-refractivity contribution in [3.05, 3.63) is 81.9 Å². The fourth-order valence-electron chi connectivity index (χ4n) is 3.18. The predicted molar refractivity (Wildman–Crippen MR) is 93.1 cm³/mol. The zero-order chi connectivity index (χ0) is 17.6. The van der Waals surface area contributed by atoms with Gasteiger partial charge in [0.05, 0.1) is 22.5 Å². The van der Waals surface area contributed by atoms with E-state index in [1.165, 1.54) is 0 Å². The Morgan fingerprint density at radius 1 is 0.800 bits per heavy atom. The highest BCUT2D eigenvalue weighted by Crippen LogP contribution is 2.37. The molecule has 25 heavy (non-hydrogen) atoms. The molecule has 2 aliphatic heterocycles. The smallest absolute Gasteiger partial charge is 0.258 e. The summed E-state index contributed by atoms with van der Waals surface area (Å²) >= 11 is 0. The van der Waals surface area contributed by atoms with Gasteiger partial charge < -0.3 is 10.6 Å². The van der Waals surface area contributed by atoms with E-state index in [9.17, 15) is 14.4 Å². The maximum atomic E-state index is 12.5. The van der Waals surface area contributed by atoms with Gasteiger partial charge in [-0.25, -0.2) is 0 Å². The summed E-state index contributed by atoms with van der Waals surface area (Å²) in [7, 11) is 0. The molecule has 4 rings (SSSR count). The van der Waals surface area contributed by atoms with Gasteiger partial charge >= 0.3 is 0 Å². The minimum Gasteiger partial charge on any atom is -0.321 e. The molecule has 5 heteroatoms. The molecule has 0 unspecified atom stereocenters. The minimum absolute atomic E-state index is 0.323. The summed E-state index contributed by atoms with van der Waals surface area (Å²) in [6.07, 6.45) is 0.731. The van der Waals surface area contributed by atoms with E-state index in [2.05, 4.69) is 10.6 Å². The lowest BCUT2D eigenvalue weighted by Gasteiger charge is -2.08. The van der Waals surface area contributed by atoms with Crippen LogP contribution in [0.4, 0.5) is 0 Å². The van der Waals surface area contributed by atoms with Crippen molar-refractivity contribution in [2.24, 2.45) is 0 Å². The Labute approximate surface area is 144 Å². The molecule has 2 aliphatic rings. The van der Waals surface area contributed by atoms with Crippen LogP contribution < -0.4 is 10.6 Å². The molecule has 0 bridgehead atoms. The average Bonchev–Trinajstić information content (AvgIpc) is 3.14. The largest absolute Gasteiger partial charge is 0.321 e. The molecule has 0 radical (unpaired) electrons. The van der Waals surface area contributed by atoms with Crippen LogP contribution in [0.25, 0.3) is 11.4 Å². The molecule has 5 nitrogen and oxygen atoms in total. The van der Waals surface area contributed by atoms with Crippen LogP contribution in [0.1, 0.15) is 27.0 Å². The van der Waals surface area contributed by atoms with Crippen LogP contribution in [0.5, 0.6) is 0 Å². The molecule has 2 aromatic rings. The van der Waals surface area contributed by atoms with Gasteiger partial charge in [-0.15, -0.1) is 0 Å². The van der Waals surface area contributed by atoms with Crippen molar-refractivity contribution in [2.45, 2.75) is 6.92 Å². The lowest BCUT2D eigenvalue weighted by molar-refractivity contribution is -0.117. The average molecular weight is 330 g/mol. The van der Waals surface area contributed by atoms with Crippen molar-refractivity contribution in [3.63, 3.8) is 0 Å². The first-order chi connectivity index (χ1) is 12.1. The van der Waals surface area contributed by atoms with Crippen LogP contribution >= 0.6 is 0 Å². The predicted octanol–water partition coefficient (Wildman–Crippen LogP) is 2.19. The van der Waals surface area contributed by atoms with Crippen LogP contribution in [0.15, 0.2) is 59.7 Å². The first kappa shape index (κ1) is 15.1. The van der Waals surface area contributed by atoms with Crippen molar-refractivity contribution in [1.29, 1.82) is 0 Å². The third kappa shape index (κ3) is 2.37. The molecule has 2 N–H and O–H groups in total. The lowest BCUT2D eigenvalue weighted by Crippen LogP contribution is -2.21. The minimum atomic E-state index is -0.323. The Morgan fingerprint density at radius 2 is 1.36 bits per heavy atom. The monoisotopic (exact) mass is 330 g/mol. The van der Waals surface area contributed by atoms with E-state index in [1.54, 1.807) is 24.3 Å². The molecule has 0 saturated heterocycles. The van der Waals surface area contributed by atoms with Crippen molar-refractivity contribution < 1.29 is 14.4 Å². The summed E-state index contributed by atoms with van der Waals surface area (Å²) in [4.78, 5) is 36.1. The second-order valence-electron chi connectivity index (χ2n) is 6.02. The van der Waals surface area contributed by atoms with Crippen molar-refractivity contribution in [1.82, 2.24) is 10.6 Å². The highest BCUT2D eigenvalue weighted by Gasteiger charge is 2.40. The zero-order valence-corrected chi connectivity index (χ0v) is 13.4. The van der Waals surface area contributed by atoms with E-state index in [1.807, 2.05) is 31.2 Å². The van der Waals surface area contributed by atoms with Gasteiger partial charge in [-0.05, 0) is 30.2 Å². The SMILES string of the molecule is Cc1cccc(C2=C3C(=O)NC(c4cccc(C=O)c4)=C3C(=O)N2)c1. The number of amides is 2. The molecule has 0 atom stereocenters. The number of benzene rings is 2. The standard InChI is InChI=1S/C20H14N2O3/c1-11-4-2-6-13(8-11)17-15-16(20(25)21-17)18(22-19(15)24)14-7-3-5-12(9-14)10-23/h2-10H,1H3,(H,21,25)(H,22,24). The molecule has 0 saturated carbocycles. The number of carbonyl (C=O) groups is 3. The van der Waals surface area contributed by atoms with Gasteiger partial charge in [0.25, 0.3) is 11.8 Å². The third-order valence-corrected chi connectivity index (χ3v) is 4.30. The first-order valence-electron chi connectivity index (χ1n) is 7.83. The second-order valence-corrected chi connectivity index (χ2v) is 6.02. The number of aryl methyl sites for hydroxylation is 1. The van der Waals surface area contributed by atoms with E-state index in [0.29, 0.717) is 33.7 Å². The molecule has 2 aromatic carbocycles. The summed E-state index contributed by atoms with van der Waals surface area (Å²) < 4.78 is 0. The van der Waals surface area contributed by atoms with Crippen LogP contribution in [-0.4, -0.2) is 18.1 Å². The molecule has 2 amide bonds. The topological polar surface area (TPSA) is 75.3 Å². The van der Waals surface area contributed by atoms with Gasteiger partial charge in [0.2, 0.25) is 0 Å². The van der Waals surface area contributed by atoms with Crippen LogP contribution in [0.3, 0.4) is 0 Å². The van der Waals surface area contributed by atoms with Gasteiger partial charge in [-0.3, -0.25) is 14.4 Å². The summed E-state index contributed by atoms with van der Waals surface area (Å²) in [6.45, 7) is 1.95. The summed E-state index contributed by atoms with van der Waals surface area (Å²) in [5, 5.41) is 5.58. The molecule has 0 aliphatic carbocycles. The number of hydrogen-bond acceptors (Lipinski definition) is 3. The molecule has 2 heterocycles. The molecule has 0 fully saturated rings. The molecular formula is C20H14N2O3. The number of carbonyl (C=O) groups excluding carboxylic acids is 3. The number of fused-ring (bicyclic) bond motifs is 1. The normalized spacial score (nSPS) is 16.0. The van der Waals surface area contributed by atoms with Crippen LogP contribution in [-0.2, 0) is 9.59 Å². The van der Waals surface area contributed by atoms with Crippen LogP contribution in [0, 0.1) is 6.92 Å². The van der Waals surface area contributed by atoms with Gasteiger partial charge in [0, 0.05) is 5.56 Å². The molecule has 0 spiro atoms. The summed E-state index contributed by atoms with van der Waals surface area (Å²) in [6, 6.07) is 14.4. The number of nitrogens with one attached hydrogen (secondary N) is 2.